The van der Waals surface area contributed by atoms with Crippen LogP contribution in [0.4, 0.5) is 13.6 Å². The Bertz CT molecular complexity index is 318. The van der Waals surface area contributed by atoms with Crippen LogP contribution < -0.4 is 0 Å². The molecule has 2 amide bonds. The fourth-order valence-corrected chi connectivity index (χ4v) is 2.65. The monoisotopic (exact) mass is 275 g/mol. The molecule has 0 aromatic rings. The number of urea groups is 1. The first kappa shape index (κ1) is 14.5. The van der Waals surface area contributed by atoms with Gasteiger partial charge in [0.05, 0.1) is 0 Å². The summed E-state index contributed by atoms with van der Waals surface area (Å²) in [6, 6.07) is 0.421. The molecule has 2 saturated heterocycles. The third-order valence-corrected chi connectivity index (χ3v) is 4.08. The van der Waals surface area contributed by atoms with Gasteiger partial charge in [0.15, 0.2) is 0 Å². The molecule has 0 aromatic carbocycles. The minimum atomic E-state index is -2.59. The molecule has 0 spiro atoms. The second-order valence-corrected chi connectivity index (χ2v) is 5.74. The maximum absolute atomic E-state index is 13.1. The second-order valence-electron chi connectivity index (χ2n) is 5.74. The number of likely N-dealkylation sites (tertiary alicyclic amines) is 1. The van der Waals surface area contributed by atoms with Crippen molar-refractivity contribution in [2.24, 2.45) is 0 Å². The molecule has 6 heteroatoms. The summed E-state index contributed by atoms with van der Waals surface area (Å²) in [7, 11) is 0. The number of piperazine rings is 1. The van der Waals surface area contributed by atoms with Crippen LogP contribution in [-0.4, -0.2) is 72.0 Å². The van der Waals surface area contributed by atoms with Crippen molar-refractivity contribution in [3.8, 4) is 0 Å². The average Bonchev–Trinajstić information content (AvgIpc) is 2.38. The van der Waals surface area contributed by atoms with Gasteiger partial charge in [-0.05, 0) is 13.8 Å². The average molecular weight is 275 g/mol. The molecule has 2 aliphatic heterocycles. The van der Waals surface area contributed by atoms with Crippen LogP contribution in [0.3, 0.4) is 0 Å². The van der Waals surface area contributed by atoms with E-state index in [0.717, 1.165) is 13.1 Å². The summed E-state index contributed by atoms with van der Waals surface area (Å²) in [4.78, 5) is 17.9. The standard InChI is InChI=1S/C13H23F2N3O/c1-11(2)16-7-9-18(10-8-16)12(19)17-5-3-13(14,15)4-6-17/h11H,3-10H2,1-2H3. The summed E-state index contributed by atoms with van der Waals surface area (Å²) in [6.07, 6.45) is -0.407. The highest BCUT2D eigenvalue weighted by Crippen LogP contribution is 2.28. The molecular weight excluding hydrogens is 252 g/mol. The van der Waals surface area contributed by atoms with Crippen molar-refractivity contribution in [2.45, 2.75) is 38.7 Å². The molecule has 0 bridgehead atoms. The predicted octanol–water partition coefficient (Wildman–Crippen LogP) is 1.86. The molecule has 2 aliphatic rings. The number of nitrogens with zero attached hydrogens (tertiary/aromatic N) is 3. The Hall–Kier alpha value is -0.910. The lowest BCUT2D eigenvalue weighted by Gasteiger charge is -2.40. The minimum absolute atomic E-state index is 0.0705. The van der Waals surface area contributed by atoms with Gasteiger partial charge >= 0.3 is 6.03 Å². The van der Waals surface area contributed by atoms with Gasteiger partial charge in [-0.15, -0.1) is 0 Å². The molecule has 2 rings (SSSR count). The zero-order valence-electron chi connectivity index (χ0n) is 11.7. The van der Waals surface area contributed by atoms with Gasteiger partial charge < -0.3 is 9.80 Å². The van der Waals surface area contributed by atoms with Crippen molar-refractivity contribution >= 4 is 6.03 Å². The lowest BCUT2D eigenvalue weighted by Crippen LogP contribution is -2.55. The number of carbonyl (C=O) groups is 1. The van der Waals surface area contributed by atoms with E-state index < -0.39 is 5.92 Å². The summed E-state index contributed by atoms with van der Waals surface area (Å²) in [5.41, 5.74) is 0. The fourth-order valence-electron chi connectivity index (χ4n) is 2.65. The SMILES string of the molecule is CC(C)N1CCN(C(=O)N2CCC(F)(F)CC2)CC1. The highest BCUT2D eigenvalue weighted by molar-refractivity contribution is 5.74. The van der Waals surface area contributed by atoms with Crippen molar-refractivity contribution in [1.29, 1.82) is 0 Å². The number of piperidine rings is 1. The zero-order chi connectivity index (χ0) is 14.0. The van der Waals surface area contributed by atoms with Crippen molar-refractivity contribution in [3.05, 3.63) is 0 Å². The van der Waals surface area contributed by atoms with E-state index >= 15 is 0 Å². The van der Waals surface area contributed by atoms with Crippen molar-refractivity contribution in [3.63, 3.8) is 0 Å². The quantitative estimate of drug-likeness (QED) is 0.730. The van der Waals surface area contributed by atoms with E-state index in [0.29, 0.717) is 19.1 Å². The molecule has 0 atom stereocenters. The van der Waals surface area contributed by atoms with Crippen LogP contribution in [-0.2, 0) is 0 Å². The Morgan fingerprint density at radius 2 is 1.42 bits per heavy atom. The predicted molar refractivity (Wildman–Crippen MR) is 69.4 cm³/mol. The molecule has 0 N–H and O–H groups in total. The number of rotatable bonds is 1. The number of hydrogen-bond acceptors (Lipinski definition) is 2. The highest BCUT2D eigenvalue weighted by atomic mass is 19.3. The van der Waals surface area contributed by atoms with Gasteiger partial charge in [0.25, 0.3) is 5.92 Å². The molecule has 2 heterocycles. The van der Waals surface area contributed by atoms with E-state index in [-0.39, 0.29) is 32.0 Å². The molecule has 0 aliphatic carbocycles. The van der Waals surface area contributed by atoms with E-state index in [1.165, 1.54) is 0 Å². The second kappa shape index (κ2) is 5.61. The van der Waals surface area contributed by atoms with Crippen LogP contribution in [0, 0.1) is 0 Å². The number of carbonyl (C=O) groups excluding carboxylic acids is 1. The first-order chi connectivity index (χ1) is 8.89. The summed E-state index contributed by atoms with van der Waals surface area (Å²) in [6.45, 7) is 7.77. The number of halogens is 2. The van der Waals surface area contributed by atoms with Crippen molar-refractivity contribution < 1.29 is 13.6 Å². The van der Waals surface area contributed by atoms with E-state index in [9.17, 15) is 13.6 Å². The van der Waals surface area contributed by atoms with Crippen LogP contribution >= 0.6 is 0 Å². The molecule has 0 saturated carbocycles. The van der Waals surface area contributed by atoms with Gasteiger partial charge in [0.2, 0.25) is 0 Å². The summed E-state index contributed by atoms with van der Waals surface area (Å²) in [5, 5.41) is 0. The topological polar surface area (TPSA) is 26.8 Å². The third kappa shape index (κ3) is 3.55. The molecule has 4 nitrogen and oxygen atoms in total. The highest BCUT2D eigenvalue weighted by Gasteiger charge is 2.37. The lowest BCUT2D eigenvalue weighted by molar-refractivity contribution is -0.0499. The number of hydrogen-bond donors (Lipinski definition) is 0. The van der Waals surface area contributed by atoms with Gasteiger partial charge in [0.1, 0.15) is 0 Å². The van der Waals surface area contributed by atoms with Crippen LogP contribution in [0.25, 0.3) is 0 Å². The van der Waals surface area contributed by atoms with Crippen LogP contribution in [0.1, 0.15) is 26.7 Å². The Labute approximate surface area is 113 Å². The van der Waals surface area contributed by atoms with Gasteiger partial charge in [-0.1, -0.05) is 0 Å². The maximum atomic E-state index is 13.1. The fraction of sp³-hybridized carbons (Fsp3) is 0.923. The Balaban J connectivity index is 1.82. The van der Waals surface area contributed by atoms with Crippen molar-refractivity contribution in [1.82, 2.24) is 14.7 Å². The summed E-state index contributed by atoms with van der Waals surface area (Å²) in [5.74, 6) is -2.59. The van der Waals surface area contributed by atoms with E-state index in [1.54, 1.807) is 9.80 Å². The lowest BCUT2D eigenvalue weighted by atomic mass is 10.1. The molecule has 19 heavy (non-hydrogen) atoms. The van der Waals surface area contributed by atoms with E-state index in [2.05, 4.69) is 18.7 Å². The molecule has 2 fully saturated rings. The largest absolute Gasteiger partial charge is 0.324 e. The Kier molecular flexibility index (Phi) is 4.28. The van der Waals surface area contributed by atoms with E-state index in [4.69, 9.17) is 0 Å². The van der Waals surface area contributed by atoms with Crippen LogP contribution in [0.2, 0.25) is 0 Å². The Morgan fingerprint density at radius 1 is 0.947 bits per heavy atom. The molecule has 0 aromatic heterocycles. The molecular formula is C13H23F2N3O. The molecule has 0 unspecified atom stereocenters. The van der Waals surface area contributed by atoms with Crippen LogP contribution in [0.5, 0.6) is 0 Å². The molecule has 110 valence electrons. The summed E-state index contributed by atoms with van der Waals surface area (Å²) < 4.78 is 26.1. The third-order valence-electron chi connectivity index (χ3n) is 4.08. The van der Waals surface area contributed by atoms with Gasteiger partial charge in [0, 0.05) is 58.2 Å². The van der Waals surface area contributed by atoms with Crippen LogP contribution in [0.15, 0.2) is 0 Å². The number of amides is 2. The normalized spacial score (nSPS) is 24.9. The van der Waals surface area contributed by atoms with Gasteiger partial charge in [-0.3, -0.25) is 4.90 Å². The molecule has 0 radical (unpaired) electrons. The smallest absolute Gasteiger partial charge is 0.320 e. The summed E-state index contributed by atoms with van der Waals surface area (Å²) >= 11 is 0. The van der Waals surface area contributed by atoms with E-state index in [1.807, 2.05) is 0 Å². The minimum Gasteiger partial charge on any atom is -0.324 e. The first-order valence-corrected chi connectivity index (χ1v) is 7.05. The number of alkyl halides is 2. The Morgan fingerprint density at radius 3 is 1.89 bits per heavy atom. The maximum Gasteiger partial charge on any atom is 0.320 e. The van der Waals surface area contributed by atoms with Crippen molar-refractivity contribution in [2.75, 3.05) is 39.3 Å². The van der Waals surface area contributed by atoms with Gasteiger partial charge in [-0.2, -0.15) is 0 Å². The zero-order valence-corrected chi connectivity index (χ0v) is 11.7. The first-order valence-electron chi connectivity index (χ1n) is 7.05. The van der Waals surface area contributed by atoms with Gasteiger partial charge in [-0.25, -0.2) is 13.6 Å².